The van der Waals surface area contributed by atoms with E-state index in [9.17, 15) is 9.59 Å². The van der Waals surface area contributed by atoms with Crippen LogP contribution in [-0.4, -0.2) is 24.9 Å². The molecule has 0 spiro atoms. The summed E-state index contributed by atoms with van der Waals surface area (Å²) in [5.41, 5.74) is 4.36. The summed E-state index contributed by atoms with van der Waals surface area (Å²) in [6.45, 7) is 6.79. The fraction of sp³-hybridized carbons (Fsp3) is 0.300. The van der Waals surface area contributed by atoms with Crippen molar-refractivity contribution in [1.82, 2.24) is 5.32 Å². The first kappa shape index (κ1) is 18.5. The zero-order chi connectivity index (χ0) is 18.2. The molecule has 0 atom stereocenters. The maximum atomic E-state index is 12.1. The van der Waals surface area contributed by atoms with Gasteiger partial charge in [-0.05, 0) is 61.7 Å². The molecule has 2 rings (SSSR count). The zero-order valence-electron chi connectivity index (χ0n) is 15.0. The Hall–Kier alpha value is -2.82. The van der Waals surface area contributed by atoms with E-state index in [0.29, 0.717) is 12.1 Å². The second-order valence-electron chi connectivity index (χ2n) is 6.05. The van der Waals surface area contributed by atoms with Crippen LogP contribution in [0.25, 0.3) is 0 Å². The van der Waals surface area contributed by atoms with Crippen LogP contribution in [0.15, 0.2) is 42.5 Å². The standard InChI is InChI=1S/C20H25N3O2/c1-4-11-21-20(25)16-7-9-17(10-8-16)22-13-19(24)23-18-12-14(2)5-6-15(18)3/h5-10,12,22H,4,11,13H2,1-3H3,(H,21,25)(H,23,24). The molecule has 0 aliphatic carbocycles. The molecule has 0 saturated heterocycles. The lowest BCUT2D eigenvalue weighted by atomic mass is 10.1. The Morgan fingerprint density at radius 2 is 1.72 bits per heavy atom. The van der Waals surface area contributed by atoms with Crippen molar-refractivity contribution in [2.45, 2.75) is 27.2 Å². The van der Waals surface area contributed by atoms with Crippen LogP contribution in [0.4, 0.5) is 11.4 Å². The SMILES string of the molecule is CCCNC(=O)c1ccc(NCC(=O)Nc2cc(C)ccc2C)cc1. The Balaban J connectivity index is 1.87. The molecule has 0 aliphatic rings. The second kappa shape index (κ2) is 8.87. The summed E-state index contributed by atoms with van der Waals surface area (Å²) in [7, 11) is 0. The summed E-state index contributed by atoms with van der Waals surface area (Å²) in [4.78, 5) is 24.0. The van der Waals surface area contributed by atoms with Crippen LogP contribution in [0, 0.1) is 13.8 Å². The first-order chi connectivity index (χ1) is 12.0. The van der Waals surface area contributed by atoms with Crippen LogP contribution in [0.5, 0.6) is 0 Å². The van der Waals surface area contributed by atoms with Gasteiger partial charge < -0.3 is 16.0 Å². The maximum absolute atomic E-state index is 12.1. The summed E-state index contributed by atoms with van der Waals surface area (Å²) >= 11 is 0. The van der Waals surface area contributed by atoms with E-state index in [0.717, 1.165) is 28.9 Å². The van der Waals surface area contributed by atoms with E-state index in [2.05, 4.69) is 16.0 Å². The molecule has 0 radical (unpaired) electrons. The average molecular weight is 339 g/mol. The van der Waals surface area contributed by atoms with E-state index in [1.165, 1.54) is 0 Å². The second-order valence-corrected chi connectivity index (χ2v) is 6.05. The third-order valence-corrected chi connectivity index (χ3v) is 3.80. The topological polar surface area (TPSA) is 70.2 Å². The van der Waals surface area contributed by atoms with Crippen molar-refractivity contribution in [3.63, 3.8) is 0 Å². The monoisotopic (exact) mass is 339 g/mol. The average Bonchev–Trinajstić information content (AvgIpc) is 2.61. The van der Waals surface area contributed by atoms with Gasteiger partial charge in [-0.1, -0.05) is 19.1 Å². The van der Waals surface area contributed by atoms with E-state index >= 15 is 0 Å². The van der Waals surface area contributed by atoms with Crippen LogP contribution >= 0.6 is 0 Å². The third kappa shape index (κ3) is 5.64. The van der Waals surface area contributed by atoms with Gasteiger partial charge in [-0.2, -0.15) is 0 Å². The predicted molar refractivity (Wildman–Crippen MR) is 102 cm³/mol. The van der Waals surface area contributed by atoms with Gasteiger partial charge in [0.05, 0.1) is 6.54 Å². The van der Waals surface area contributed by atoms with Gasteiger partial charge in [0.2, 0.25) is 5.91 Å². The van der Waals surface area contributed by atoms with Crippen molar-refractivity contribution in [2.75, 3.05) is 23.7 Å². The molecule has 0 aromatic heterocycles. The number of rotatable bonds is 7. The number of nitrogens with one attached hydrogen (secondary N) is 3. The third-order valence-electron chi connectivity index (χ3n) is 3.80. The Labute approximate surface area is 148 Å². The van der Waals surface area contributed by atoms with Gasteiger partial charge in [-0.3, -0.25) is 9.59 Å². The molecular weight excluding hydrogens is 314 g/mol. The Morgan fingerprint density at radius 1 is 1.00 bits per heavy atom. The molecule has 0 bridgehead atoms. The number of benzene rings is 2. The number of hydrogen-bond acceptors (Lipinski definition) is 3. The molecule has 2 amide bonds. The van der Waals surface area contributed by atoms with Crippen LogP contribution in [0.3, 0.4) is 0 Å². The molecule has 2 aromatic carbocycles. The van der Waals surface area contributed by atoms with Gasteiger partial charge in [0.15, 0.2) is 0 Å². The van der Waals surface area contributed by atoms with Gasteiger partial charge in [-0.15, -0.1) is 0 Å². The Kier molecular flexibility index (Phi) is 6.57. The molecule has 2 aromatic rings. The largest absolute Gasteiger partial charge is 0.376 e. The number of anilines is 2. The molecule has 0 saturated carbocycles. The number of carbonyl (C=O) groups excluding carboxylic acids is 2. The first-order valence-electron chi connectivity index (χ1n) is 8.49. The summed E-state index contributed by atoms with van der Waals surface area (Å²) < 4.78 is 0. The smallest absolute Gasteiger partial charge is 0.251 e. The van der Waals surface area contributed by atoms with Gasteiger partial charge in [0.25, 0.3) is 5.91 Å². The van der Waals surface area contributed by atoms with Gasteiger partial charge in [-0.25, -0.2) is 0 Å². The molecule has 0 fully saturated rings. The van der Waals surface area contributed by atoms with Gasteiger partial charge >= 0.3 is 0 Å². The summed E-state index contributed by atoms with van der Waals surface area (Å²) in [5.74, 6) is -0.195. The van der Waals surface area contributed by atoms with Gasteiger partial charge in [0, 0.05) is 23.5 Å². The van der Waals surface area contributed by atoms with Crippen LogP contribution in [0.1, 0.15) is 34.8 Å². The number of aryl methyl sites for hydroxylation is 2. The van der Waals surface area contributed by atoms with Crippen molar-refractivity contribution in [3.8, 4) is 0 Å². The fourth-order valence-electron chi connectivity index (χ4n) is 2.33. The highest BCUT2D eigenvalue weighted by atomic mass is 16.2. The van der Waals surface area contributed by atoms with Crippen LogP contribution in [-0.2, 0) is 4.79 Å². The molecule has 0 heterocycles. The van der Waals surface area contributed by atoms with Crippen molar-refractivity contribution in [1.29, 1.82) is 0 Å². The highest BCUT2D eigenvalue weighted by molar-refractivity contribution is 5.95. The Bertz CT molecular complexity index is 739. The van der Waals surface area contributed by atoms with Gasteiger partial charge in [0.1, 0.15) is 0 Å². The minimum atomic E-state index is -0.113. The molecule has 0 aliphatic heterocycles. The molecule has 5 nitrogen and oxygen atoms in total. The van der Waals surface area contributed by atoms with Crippen molar-refractivity contribution >= 4 is 23.2 Å². The fourth-order valence-corrected chi connectivity index (χ4v) is 2.33. The van der Waals surface area contributed by atoms with Crippen LogP contribution in [0.2, 0.25) is 0 Å². The van der Waals surface area contributed by atoms with Crippen molar-refractivity contribution in [2.24, 2.45) is 0 Å². The van der Waals surface area contributed by atoms with Crippen LogP contribution < -0.4 is 16.0 Å². The number of hydrogen-bond donors (Lipinski definition) is 3. The molecule has 3 N–H and O–H groups in total. The minimum Gasteiger partial charge on any atom is -0.376 e. The molecular formula is C20H25N3O2. The van der Waals surface area contributed by atoms with E-state index in [1.807, 2.05) is 39.0 Å². The predicted octanol–water partition coefficient (Wildman–Crippen LogP) is 3.49. The van der Waals surface area contributed by atoms with E-state index in [-0.39, 0.29) is 18.4 Å². The van der Waals surface area contributed by atoms with Crippen molar-refractivity contribution in [3.05, 3.63) is 59.2 Å². The first-order valence-corrected chi connectivity index (χ1v) is 8.49. The highest BCUT2D eigenvalue weighted by Gasteiger charge is 2.07. The molecule has 5 heteroatoms. The van der Waals surface area contributed by atoms with E-state index < -0.39 is 0 Å². The molecule has 25 heavy (non-hydrogen) atoms. The summed E-state index contributed by atoms with van der Waals surface area (Å²) in [6, 6.07) is 13.0. The van der Waals surface area contributed by atoms with E-state index in [4.69, 9.17) is 0 Å². The number of amides is 2. The Morgan fingerprint density at radius 3 is 2.40 bits per heavy atom. The zero-order valence-corrected chi connectivity index (χ0v) is 15.0. The quantitative estimate of drug-likeness (QED) is 0.723. The normalized spacial score (nSPS) is 10.2. The van der Waals surface area contributed by atoms with Crippen molar-refractivity contribution < 1.29 is 9.59 Å². The maximum Gasteiger partial charge on any atom is 0.251 e. The number of carbonyl (C=O) groups is 2. The highest BCUT2D eigenvalue weighted by Crippen LogP contribution is 2.16. The molecule has 132 valence electrons. The lowest BCUT2D eigenvalue weighted by Gasteiger charge is -2.11. The summed E-state index contributed by atoms with van der Waals surface area (Å²) in [5, 5.41) is 8.80. The molecule has 0 unspecified atom stereocenters. The lowest BCUT2D eigenvalue weighted by molar-refractivity contribution is -0.114. The lowest BCUT2D eigenvalue weighted by Crippen LogP contribution is -2.24. The van der Waals surface area contributed by atoms with E-state index in [1.54, 1.807) is 24.3 Å². The summed E-state index contributed by atoms with van der Waals surface area (Å²) in [6.07, 6.45) is 0.904. The minimum absolute atomic E-state index is 0.0823.